The second-order valence-corrected chi connectivity index (χ2v) is 4.43. The summed E-state index contributed by atoms with van der Waals surface area (Å²) in [6, 6.07) is 15.5. The maximum Gasteiger partial charge on any atom is 0.325 e. The Kier molecular flexibility index (Phi) is 2.76. The van der Waals surface area contributed by atoms with E-state index >= 15 is 0 Å². The molecule has 3 aromatic rings. The van der Waals surface area contributed by atoms with Crippen molar-refractivity contribution in [3.63, 3.8) is 0 Å². The third-order valence-corrected chi connectivity index (χ3v) is 3.08. The number of hydrogen-bond donors (Lipinski definition) is 2. The van der Waals surface area contributed by atoms with E-state index in [0.717, 1.165) is 16.3 Å². The maximum atomic E-state index is 11.3. The third-order valence-electron chi connectivity index (χ3n) is 3.08. The highest BCUT2D eigenvalue weighted by molar-refractivity contribution is 5.85. The number of aromatic amines is 2. The average Bonchev–Trinajstić information content (AvgIpc) is 2.38. The summed E-state index contributed by atoms with van der Waals surface area (Å²) in [5.41, 5.74) is 0.853. The summed E-state index contributed by atoms with van der Waals surface area (Å²) in [5, 5.41) is 2.28. The molecule has 0 fully saturated rings. The Morgan fingerprint density at radius 2 is 1.68 bits per heavy atom. The molecule has 0 spiro atoms. The van der Waals surface area contributed by atoms with Crippen molar-refractivity contribution in [2.75, 3.05) is 0 Å². The van der Waals surface area contributed by atoms with Crippen molar-refractivity contribution in [3.8, 4) is 0 Å². The van der Waals surface area contributed by atoms with Gasteiger partial charge in [0.05, 0.1) is 0 Å². The number of benzene rings is 2. The van der Waals surface area contributed by atoms with Crippen LogP contribution in [0.25, 0.3) is 10.8 Å². The molecule has 4 heteroatoms. The monoisotopic (exact) mass is 252 g/mol. The minimum Gasteiger partial charge on any atom is -0.311 e. The number of fused-ring (bicyclic) bond motifs is 1. The van der Waals surface area contributed by atoms with Gasteiger partial charge in [-0.2, -0.15) is 0 Å². The Labute approximate surface area is 108 Å². The van der Waals surface area contributed by atoms with Crippen LogP contribution >= 0.6 is 0 Å². The van der Waals surface area contributed by atoms with E-state index < -0.39 is 5.69 Å². The molecule has 0 saturated carbocycles. The van der Waals surface area contributed by atoms with E-state index in [1.165, 1.54) is 6.07 Å². The van der Waals surface area contributed by atoms with Gasteiger partial charge in [-0.05, 0) is 16.3 Å². The van der Waals surface area contributed by atoms with E-state index in [4.69, 9.17) is 0 Å². The SMILES string of the molecule is O=c1cc(Cc2cccc3ccccc23)[nH]c(=O)[nH]1. The quantitative estimate of drug-likeness (QED) is 0.730. The Morgan fingerprint density at radius 3 is 2.53 bits per heavy atom. The molecule has 3 rings (SSSR count). The Balaban J connectivity index is 2.10. The van der Waals surface area contributed by atoms with Crippen LogP contribution < -0.4 is 11.2 Å². The van der Waals surface area contributed by atoms with Crippen molar-refractivity contribution in [2.24, 2.45) is 0 Å². The molecule has 2 N–H and O–H groups in total. The van der Waals surface area contributed by atoms with Gasteiger partial charge in [0.1, 0.15) is 0 Å². The molecule has 94 valence electrons. The molecule has 0 amide bonds. The normalized spacial score (nSPS) is 10.7. The minimum atomic E-state index is -0.470. The zero-order valence-electron chi connectivity index (χ0n) is 10.1. The molecule has 0 atom stereocenters. The smallest absolute Gasteiger partial charge is 0.311 e. The first kappa shape index (κ1) is 11.5. The van der Waals surface area contributed by atoms with Gasteiger partial charge in [-0.15, -0.1) is 0 Å². The predicted molar refractivity (Wildman–Crippen MR) is 74.4 cm³/mol. The third kappa shape index (κ3) is 2.33. The van der Waals surface area contributed by atoms with Gasteiger partial charge in [-0.1, -0.05) is 42.5 Å². The van der Waals surface area contributed by atoms with E-state index in [2.05, 4.69) is 9.97 Å². The Morgan fingerprint density at radius 1 is 0.895 bits per heavy atom. The molecule has 1 heterocycles. The lowest BCUT2D eigenvalue weighted by Crippen LogP contribution is -2.23. The van der Waals surface area contributed by atoms with Gasteiger partial charge in [-0.25, -0.2) is 4.79 Å². The van der Waals surface area contributed by atoms with Crippen LogP contribution in [0.5, 0.6) is 0 Å². The lowest BCUT2D eigenvalue weighted by molar-refractivity contribution is 0.956. The highest BCUT2D eigenvalue weighted by atomic mass is 16.2. The first-order valence-electron chi connectivity index (χ1n) is 6.01. The summed E-state index contributed by atoms with van der Waals surface area (Å²) >= 11 is 0. The summed E-state index contributed by atoms with van der Waals surface area (Å²) in [6.45, 7) is 0. The fourth-order valence-corrected chi connectivity index (χ4v) is 2.27. The number of H-pyrrole nitrogens is 2. The van der Waals surface area contributed by atoms with Crippen LogP contribution in [-0.2, 0) is 6.42 Å². The van der Waals surface area contributed by atoms with Gasteiger partial charge in [0.15, 0.2) is 0 Å². The first-order valence-corrected chi connectivity index (χ1v) is 6.01. The molecule has 0 aliphatic heterocycles. The van der Waals surface area contributed by atoms with Gasteiger partial charge in [-0.3, -0.25) is 9.78 Å². The number of nitrogens with one attached hydrogen (secondary N) is 2. The average molecular weight is 252 g/mol. The van der Waals surface area contributed by atoms with Gasteiger partial charge < -0.3 is 4.98 Å². The molecule has 0 aliphatic rings. The second-order valence-electron chi connectivity index (χ2n) is 4.43. The summed E-state index contributed by atoms with van der Waals surface area (Å²) in [7, 11) is 0. The number of rotatable bonds is 2. The zero-order valence-corrected chi connectivity index (χ0v) is 10.1. The van der Waals surface area contributed by atoms with Crippen molar-refractivity contribution in [1.29, 1.82) is 0 Å². The summed E-state index contributed by atoms with van der Waals surface area (Å²) in [4.78, 5) is 27.4. The number of hydrogen-bond acceptors (Lipinski definition) is 2. The largest absolute Gasteiger partial charge is 0.325 e. The standard InChI is InChI=1S/C15H12N2O2/c18-14-9-12(16-15(19)17-14)8-11-6-3-5-10-4-1-2-7-13(10)11/h1-7,9H,8H2,(H2,16,17,18,19). The van der Waals surface area contributed by atoms with Crippen LogP contribution in [0, 0.1) is 0 Å². The summed E-state index contributed by atoms with van der Waals surface area (Å²) < 4.78 is 0. The summed E-state index contributed by atoms with van der Waals surface area (Å²) in [6.07, 6.45) is 0.528. The van der Waals surface area contributed by atoms with Crippen molar-refractivity contribution < 1.29 is 0 Å². The van der Waals surface area contributed by atoms with Crippen LogP contribution in [0.2, 0.25) is 0 Å². The molecule has 4 nitrogen and oxygen atoms in total. The van der Waals surface area contributed by atoms with Gasteiger partial charge >= 0.3 is 5.69 Å². The fourth-order valence-electron chi connectivity index (χ4n) is 2.27. The fraction of sp³-hybridized carbons (Fsp3) is 0.0667. The second kappa shape index (κ2) is 4.57. The lowest BCUT2D eigenvalue weighted by atomic mass is 10.0. The summed E-state index contributed by atoms with van der Waals surface area (Å²) in [5.74, 6) is 0. The highest BCUT2D eigenvalue weighted by Crippen LogP contribution is 2.20. The van der Waals surface area contributed by atoms with Crippen LogP contribution in [0.4, 0.5) is 0 Å². The van der Waals surface area contributed by atoms with Crippen molar-refractivity contribution in [2.45, 2.75) is 6.42 Å². The van der Waals surface area contributed by atoms with Crippen molar-refractivity contribution in [3.05, 3.63) is 80.6 Å². The molecular formula is C15H12N2O2. The molecule has 0 unspecified atom stereocenters. The molecule has 0 radical (unpaired) electrons. The molecule has 19 heavy (non-hydrogen) atoms. The minimum absolute atomic E-state index is 0.376. The molecular weight excluding hydrogens is 240 g/mol. The van der Waals surface area contributed by atoms with Crippen LogP contribution in [0.15, 0.2) is 58.1 Å². The molecule has 0 saturated heterocycles. The highest BCUT2D eigenvalue weighted by Gasteiger charge is 2.03. The molecule has 0 aliphatic carbocycles. The Hall–Kier alpha value is -2.62. The van der Waals surface area contributed by atoms with Crippen LogP contribution in [-0.4, -0.2) is 9.97 Å². The predicted octanol–water partition coefficient (Wildman–Crippen LogP) is 1.81. The van der Waals surface area contributed by atoms with E-state index in [1.54, 1.807) is 0 Å². The topological polar surface area (TPSA) is 65.7 Å². The van der Waals surface area contributed by atoms with E-state index in [0.29, 0.717) is 12.1 Å². The Bertz CT molecular complexity index is 813. The molecule has 1 aromatic heterocycles. The van der Waals surface area contributed by atoms with Crippen molar-refractivity contribution >= 4 is 10.8 Å². The molecule has 2 aromatic carbocycles. The van der Waals surface area contributed by atoms with E-state index in [1.807, 2.05) is 42.5 Å². The van der Waals surface area contributed by atoms with Gasteiger partial charge in [0, 0.05) is 18.2 Å². The van der Waals surface area contributed by atoms with E-state index in [-0.39, 0.29) is 5.56 Å². The zero-order chi connectivity index (χ0) is 13.2. The molecule has 0 bridgehead atoms. The van der Waals surface area contributed by atoms with Crippen LogP contribution in [0.3, 0.4) is 0 Å². The van der Waals surface area contributed by atoms with Crippen molar-refractivity contribution in [1.82, 2.24) is 9.97 Å². The number of aromatic nitrogens is 2. The van der Waals surface area contributed by atoms with Crippen LogP contribution in [0.1, 0.15) is 11.3 Å². The van der Waals surface area contributed by atoms with E-state index in [9.17, 15) is 9.59 Å². The van der Waals surface area contributed by atoms with Gasteiger partial charge in [0.25, 0.3) is 5.56 Å². The first-order chi connectivity index (χ1) is 9.22. The maximum absolute atomic E-state index is 11.3. The lowest BCUT2D eigenvalue weighted by Gasteiger charge is -2.06. The van der Waals surface area contributed by atoms with Gasteiger partial charge in [0.2, 0.25) is 0 Å².